The molecule has 0 bridgehead atoms. The Bertz CT molecular complexity index is 551. The lowest BCUT2D eigenvalue weighted by Crippen LogP contribution is -2.11. The molecule has 6 heteroatoms. The largest absolute Gasteiger partial charge is 0.369 e. The van der Waals surface area contributed by atoms with Gasteiger partial charge in [-0.2, -0.15) is 0 Å². The predicted octanol–water partition coefficient (Wildman–Crippen LogP) is 3.49. The number of aromatic amines is 1. The highest BCUT2D eigenvalue weighted by molar-refractivity contribution is 14.1. The summed E-state index contributed by atoms with van der Waals surface area (Å²) >= 11 is 2.33. The van der Waals surface area contributed by atoms with Crippen molar-refractivity contribution in [1.29, 1.82) is 0 Å². The minimum atomic E-state index is 0.557. The van der Waals surface area contributed by atoms with Crippen LogP contribution < -0.4 is 5.32 Å². The van der Waals surface area contributed by atoms with Crippen LogP contribution in [-0.2, 0) is 6.42 Å². The number of nitrogens with one attached hydrogen (secondary N) is 2. The molecule has 0 saturated carbocycles. The highest BCUT2D eigenvalue weighted by Gasteiger charge is 2.15. The summed E-state index contributed by atoms with van der Waals surface area (Å²) in [6.07, 6.45) is 5.51. The van der Waals surface area contributed by atoms with Crippen molar-refractivity contribution in [3.8, 4) is 11.6 Å². The van der Waals surface area contributed by atoms with E-state index in [9.17, 15) is 0 Å². The maximum Gasteiger partial charge on any atom is 0.197 e. The second-order valence-electron chi connectivity index (χ2n) is 5.12. The molecule has 0 saturated heterocycles. The molecule has 0 atom stereocenters. The molecule has 0 unspecified atom stereocenters. The number of aromatic nitrogens is 4. The SMILES string of the molecule is CCCNc1nc(-c2ncc[nH]2)nc(CC(C)C)c1I. The summed E-state index contributed by atoms with van der Waals surface area (Å²) in [6.45, 7) is 7.45. The molecule has 2 aromatic heterocycles. The van der Waals surface area contributed by atoms with E-state index in [4.69, 9.17) is 0 Å². The molecule has 0 amide bonds. The quantitative estimate of drug-likeness (QED) is 0.748. The third kappa shape index (κ3) is 3.68. The molecule has 5 nitrogen and oxygen atoms in total. The fourth-order valence-electron chi connectivity index (χ4n) is 1.87. The van der Waals surface area contributed by atoms with Gasteiger partial charge in [0.15, 0.2) is 11.6 Å². The van der Waals surface area contributed by atoms with Gasteiger partial charge in [-0.3, -0.25) is 0 Å². The van der Waals surface area contributed by atoms with Gasteiger partial charge in [0, 0.05) is 18.9 Å². The molecule has 0 fully saturated rings. The summed E-state index contributed by atoms with van der Waals surface area (Å²) in [7, 11) is 0. The van der Waals surface area contributed by atoms with Crippen LogP contribution in [0.3, 0.4) is 0 Å². The first-order valence-corrected chi connectivity index (χ1v) is 7.99. The molecule has 0 aliphatic heterocycles. The number of H-pyrrole nitrogens is 1. The van der Waals surface area contributed by atoms with Crippen LogP contribution in [0.5, 0.6) is 0 Å². The second-order valence-corrected chi connectivity index (χ2v) is 6.20. The van der Waals surface area contributed by atoms with E-state index in [2.05, 4.69) is 68.6 Å². The summed E-state index contributed by atoms with van der Waals surface area (Å²) in [6, 6.07) is 0. The molecule has 0 aliphatic carbocycles. The zero-order valence-electron chi connectivity index (χ0n) is 12.1. The summed E-state index contributed by atoms with van der Waals surface area (Å²) in [5.74, 6) is 2.84. The maximum atomic E-state index is 4.67. The molecular weight excluding hydrogens is 365 g/mol. The van der Waals surface area contributed by atoms with E-state index < -0.39 is 0 Å². The van der Waals surface area contributed by atoms with Crippen molar-refractivity contribution in [2.45, 2.75) is 33.6 Å². The number of anilines is 1. The van der Waals surface area contributed by atoms with Crippen LogP contribution in [0, 0.1) is 9.49 Å². The average molecular weight is 385 g/mol. The Kier molecular flexibility index (Phi) is 5.33. The van der Waals surface area contributed by atoms with E-state index >= 15 is 0 Å². The lowest BCUT2D eigenvalue weighted by Gasteiger charge is -2.13. The molecule has 2 heterocycles. The van der Waals surface area contributed by atoms with Crippen LogP contribution in [0.1, 0.15) is 32.9 Å². The van der Waals surface area contributed by atoms with E-state index in [0.717, 1.165) is 34.5 Å². The van der Waals surface area contributed by atoms with E-state index in [1.807, 2.05) is 0 Å². The first-order chi connectivity index (χ1) is 9.61. The van der Waals surface area contributed by atoms with Crippen molar-refractivity contribution in [3.05, 3.63) is 21.7 Å². The minimum absolute atomic E-state index is 0.557. The zero-order valence-corrected chi connectivity index (χ0v) is 14.2. The lowest BCUT2D eigenvalue weighted by molar-refractivity contribution is 0.632. The van der Waals surface area contributed by atoms with Crippen molar-refractivity contribution < 1.29 is 0 Å². The molecule has 20 heavy (non-hydrogen) atoms. The van der Waals surface area contributed by atoms with Gasteiger partial charge in [0.1, 0.15) is 5.82 Å². The summed E-state index contributed by atoms with van der Waals surface area (Å²) in [4.78, 5) is 16.6. The summed E-state index contributed by atoms with van der Waals surface area (Å²) < 4.78 is 1.11. The van der Waals surface area contributed by atoms with Gasteiger partial charge in [0.05, 0.1) is 9.26 Å². The van der Waals surface area contributed by atoms with E-state index in [-0.39, 0.29) is 0 Å². The fraction of sp³-hybridized carbons (Fsp3) is 0.500. The molecule has 0 aliphatic rings. The van der Waals surface area contributed by atoms with Crippen LogP contribution in [-0.4, -0.2) is 26.5 Å². The van der Waals surface area contributed by atoms with Crippen molar-refractivity contribution in [2.75, 3.05) is 11.9 Å². The van der Waals surface area contributed by atoms with Gasteiger partial charge in [-0.25, -0.2) is 15.0 Å². The van der Waals surface area contributed by atoms with Crippen LogP contribution in [0.15, 0.2) is 12.4 Å². The Hall–Kier alpha value is -1.18. The molecule has 0 radical (unpaired) electrons. The van der Waals surface area contributed by atoms with E-state index in [0.29, 0.717) is 17.6 Å². The van der Waals surface area contributed by atoms with Crippen LogP contribution in [0.4, 0.5) is 5.82 Å². The second kappa shape index (κ2) is 7.01. The minimum Gasteiger partial charge on any atom is -0.369 e. The molecule has 108 valence electrons. The van der Waals surface area contributed by atoms with Crippen LogP contribution in [0.25, 0.3) is 11.6 Å². The number of nitrogens with zero attached hydrogens (tertiary/aromatic N) is 3. The van der Waals surface area contributed by atoms with E-state index in [1.165, 1.54) is 0 Å². The standard InChI is InChI=1S/C14H20IN5/c1-4-5-16-12-11(15)10(8-9(2)3)19-14(20-12)13-17-6-7-18-13/h6-7,9H,4-5,8H2,1-3H3,(H,17,18)(H,16,19,20). The Morgan fingerprint density at radius 3 is 2.75 bits per heavy atom. The number of rotatable bonds is 6. The molecule has 0 aromatic carbocycles. The maximum absolute atomic E-state index is 4.67. The Morgan fingerprint density at radius 2 is 2.15 bits per heavy atom. The highest BCUT2D eigenvalue weighted by Crippen LogP contribution is 2.24. The van der Waals surface area contributed by atoms with Crippen molar-refractivity contribution >= 4 is 28.4 Å². The lowest BCUT2D eigenvalue weighted by atomic mass is 10.1. The monoisotopic (exact) mass is 385 g/mol. The third-order valence-electron chi connectivity index (χ3n) is 2.77. The molecule has 2 aromatic rings. The first kappa shape index (κ1) is 15.2. The normalized spacial score (nSPS) is 11.1. The molecule has 2 N–H and O–H groups in total. The van der Waals surface area contributed by atoms with E-state index in [1.54, 1.807) is 12.4 Å². The highest BCUT2D eigenvalue weighted by atomic mass is 127. The summed E-state index contributed by atoms with van der Waals surface area (Å²) in [5.41, 5.74) is 1.08. The topological polar surface area (TPSA) is 66.5 Å². The predicted molar refractivity (Wildman–Crippen MR) is 89.7 cm³/mol. The number of imidazole rings is 1. The van der Waals surface area contributed by atoms with Gasteiger partial charge in [-0.05, 0) is 41.4 Å². The Morgan fingerprint density at radius 1 is 1.35 bits per heavy atom. The number of hydrogen-bond donors (Lipinski definition) is 2. The molecule has 2 rings (SSSR count). The van der Waals surface area contributed by atoms with Crippen molar-refractivity contribution in [1.82, 2.24) is 19.9 Å². The summed E-state index contributed by atoms with van der Waals surface area (Å²) in [5, 5.41) is 3.38. The van der Waals surface area contributed by atoms with Gasteiger partial charge in [-0.15, -0.1) is 0 Å². The smallest absolute Gasteiger partial charge is 0.197 e. The first-order valence-electron chi connectivity index (χ1n) is 6.91. The Balaban J connectivity index is 2.42. The fourth-order valence-corrected chi connectivity index (χ4v) is 2.52. The van der Waals surface area contributed by atoms with Gasteiger partial charge in [-0.1, -0.05) is 20.8 Å². The number of hydrogen-bond acceptors (Lipinski definition) is 4. The number of halogens is 1. The molecular formula is C14H20IN5. The van der Waals surface area contributed by atoms with Gasteiger partial charge in [0.25, 0.3) is 0 Å². The molecule has 0 spiro atoms. The van der Waals surface area contributed by atoms with Crippen LogP contribution in [0.2, 0.25) is 0 Å². The average Bonchev–Trinajstić information content (AvgIpc) is 2.93. The van der Waals surface area contributed by atoms with Crippen molar-refractivity contribution in [2.24, 2.45) is 5.92 Å². The zero-order chi connectivity index (χ0) is 14.5. The van der Waals surface area contributed by atoms with Gasteiger partial charge >= 0.3 is 0 Å². The van der Waals surface area contributed by atoms with Gasteiger partial charge in [0.2, 0.25) is 0 Å². The van der Waals surface area contributed by atoms with Crippen LogP contribution >= 0.6 is 22.6 Å². The Labute approximate surface area is 133 Å². The van der Waals surface area contributed by atoms with Crippen molar-refractivity contribution in [3.63, 3.8) is 0 Å². The van der Waals surface area contributed by atoms with Gasteiger partial charge < -0.3 is 10.3 Å². The third-order valence-corrected chi connectivity index (χ3v) is 3.91.